The van der Waals surface area contributed by atoms with Gasteiger partial charge in [0.15, 0.2) is 0 Å². The van der Waals surface area contributed by atoms with Crippen LogP contribution in [0.1, 0.15) is 38.4 Å². The minimum Gasteiger partial charge on any atom is -0.396 e. The molecule has 0 saturated heterocycles. The van der Waals surface area contributed by atoms with Gasteiger partial charge in [-0.2, -0.15) is 0 Å². The first-order valence-electron chi connectivity index (χ1n) is 6.02. The predicted molar refractivity (Wildman–Crippen MR) is 71.0 cm³/mol. The van der Waals surface area contributed by atoms with Crippen molar-refractivity contribution in [3.05, 3.63) is 16.5 Å². The normalized spacial score (nSPS) is 18.8. The number of rotatable bonds is 5. The minimum absolute atomic E-state index is 0.176. The Bertz CT molecular complexity index is 395. The van der Waals surface area contributed by atoms with Crippen molar-refractivity contribution < 1.29 is 5.11 Å². The van der Waals surface area contributed by atoms with Gasteiger partial charge in [-0.25, -0.2) is 9.97 Å². The summed E-state index contributed by atoms with van der Waals surface area (Å²) in [5.41, 5.74) is 0. The summed E-state index contributed by atoms with van der Waals surface area (Å²) in [6.45, 7) is 4.24. The summed E-state index contributed by atoms with van der Waals surface area (Å²) < 4.78 is 0.820. The predicted octanol–water partition coefficient (Wildman–Crippen LogP) is 2.55. The summed E-state index contributed by atoms with van der Waals surface area (Å²) in [6, 6.07) is 2.07. The van der Waals surface area contributed by atoms with Crippen molar-refractivity contribution >= 4 is 21.7 Å². The largest absolute Gasteiger partial charge is 0.396 e. The highest BCUT2D eigenvalue weighted by atomic mass is 79.9. The maximum atomic E-state index is 9.11. The molecule has 1 heterocycles. The Labute approximate surface area is 110 Å². The van der Waals surface area contributed by atoms with Crippen LogP contribution >= 0.6 is 15.9 Å². The maximum absolute atomic E-state index is 9.11. The van der Waals surface area contributed by atoms with Gasteiger partial charge in [0.1, 0.15) is 16.2 Å². The zero-order chi connectivity index (χ0) is 12.4. The average molecular weight is 300 g/mol. The summed E-state index contributed by atoms with van der Waals surface area (Å²) in [6.07, 6.45) is 2.39. The van der Waals surface area contributed by atoms with Gasteiger partial charge in [0.2, 0.25) is 0 Å². The fourth-order valence-electron chi connectivity index (χ4n) is 1.57. The van der Waals surface area contributed by atoms with Gasteiger partial charge in [0.25, 0.3) is 0 Å². The molecule has 0 spiro atoms. The number of hydrogen-bond donors (Lipinski definition) is 2. The third kappa shape index (κ3) is 3.39. The van der Waals surface area contributed by atoms with Crippen LogP contribution in [0.25, 0.3) is 0 Å². The standard InChI is InChI=1S/C12H18BrN3O/c1-7(6-17)8(2)14-11-5-10(13)15-12(16-11)9-3-4-9/h5,7-9,17H,3-4,6H2,1-2H3,(H,14,15,16). The van der Waals surface area contributed by atoms with Crippen molar-refractivity contribution in [1.82, 2.24) is 9.97 Å². The number of nitrogens with one attached hydrogen (secondary N) is 1. The van der Waals surface area contributed by atoms with E-state index in [1.807, 2.05) is 19.9 Å². The monoisotopic (exact) mass is 299 g/mol. The number of aliphatic hydroxyl groups is 1. The van der Waals surface area contributed by atoms with Gasteiger partial charge in [-0.05, 0) is 41.6 Å². The molecule has 0 amide bonds. The van der Waals surface area contributed by atoms with Crippen molar-refractivity contribution in [3.8, 4) is 0 Å². The molecule has 1 saturated carbocycles. The highest BCUT2D eigenvalue weighted by Gasteiger charge is 2.27. The van der Waals surface area contributed by atoms with Crippen LogP contribution in [0.3, 0.4) is 0 Å². The fourth-order valence-corrected chi connectivity index (χ4v) is 1.97. The lowest BCUT2D eigenvalue weighted by Crippen LogP contribution is -2.26. The van der Waals surface area contributed by atoms with E-state index in [1.165, 1.54) is 12.8 Å². The molecule has 4 nitrogen and oxygen atoms in total. The van der Waals surface area contributed by atoms with Crippen LogP contribution in [0.15, 0.2) is 10.7 Å². The van der Waals surface area contributed by atoms with Crippen LogP contribution in [-0.2, 0) is 0 Å². The first-order chi connectivity index (χ1) is 8.10. The van der Waals surface area contributed by atoms with Gasteiger partial charge < -0.3 is 10.4 Å². The van der Waals surface area contributed by atoms with Gasteiger partial charge in [-0.15, -0.1) is 0 Å². The summed E-state index contributed by atoms with van der Waals surface area (Å²) >= 11 is 3.41. The van der Waals surface area contributed by atoms with Crippen molar-refractivity contribution in [2.75, 3.05) is 11.9 Å². The van der Waals surface area contributed by atoms with E-state index in [4.69, 9.17) is 5.11 Å². The first kappa shape index (κ1) is 12.8. The molecule has 0 aliphatic heterocycles. The molecule has 5 heteroatoms. The Balaban J connectivity index is 2.09. The SMILES string of the molecule is CC(CO)C(C)Nc1cc(Br)nc(C2CC2)n1. The van der Waals surface area contributed by atoms with E-state index in [9.17, 15) is 0 Å². The van der Waals surface area contributed by atoms with Crippen LogP contribution in [0.2, 0.25) is 0 Å². The third-order valence-corrected chi connectivity index (χ3v) is 3.58. The summed E-state index contributed by atoms with van der Waals surface area (Å²) in [7, 11) is 0. The van der Waals surface area contributed by atoms with E-state index in [0.29, 0.717) is 5.92 Å². The minimum atomic E-state index is 0.176. The molecule has 2 N–H and O–H groups in total. The highest BCUT2D eigenvalue weighted by molar-refractivity contribution is 9.10. The Kier molecular flexibility index (Phi) is 3.99. The molecular weight excluding hydrogens is 282 g/mol. The quantitative estimate of drug-likeness (QED) is 0.821. The van der Waals surface area contributed by atoms with Gasteiger partial charge in [-0.1, -0.05) is 6.92 Å². The molecule has 1 aromatic heterocycles. The number of aromatic nitrogens is 2. The Morgan fingerprint density at radius 3 is 2.76 bits per heavy atom. The average Bonchev–Trinajstić information content (AvgIpc) is 3.10. The second-order valence-electron chi connectivity index (χ2n) is 4.80. The van der Waals surface area contributed by atoms with E-state index < -0.39 is 0 Å². The Morgan fingerprint density at radius 2 is 2.18 bits per heavy atom. The molecule has 1 aromatic rings. The van der Waals surface area contributed by atoms with E-state index in [1.54, 1.807) is 0 Å². The van der Waals surface area contributed by atoms with Gasteiger partial charge in [-0.3, -0.25) is 0 Å². The number of aliphatic hydroxyl groups excluding tert-OH is 1. The van der Waals surface area contributed by atoms with Crippen LogP contribution in [0, 0.1) is 5.92 Å². The van der Waals surface area contributed by atoms with E-state index in [2.05, 4.69) is 31.2 Å². The molecule has 1 aliphatic rings. The van der Waals surface area contributed by atoms with E-state index in [-0.39, 0.29) is 18.6 Å². The molecule has 2 atom stereocenters. The fraction of sp³-hybridized carbons (Fsp3) is 0.667. The molecule has 0 radical (unpaired) electrons. The van der Waals surface area contributed by atoms with E-state index >= 15 is 0 Å². The van der Waals surface area contributed by atoms with Gasteiger partial charge in [0.05, 0.1) is 0 Å². The zero-order valence-corrected chi connectivity index (χ0v) is 11.7. The topological polar surface area (TPSA) is 58.0 Å². The molecular formula is C12H18BrN3O. The van der Waals surface area contributed by atoms with Crippen molar-refractivity contribution in [1.29, 1.82) is 0 Å². The van der Waals surface area contributed by atoms with Gasteiger partial charge >= 0.3 is 0 Å². The van der Waals surface area contributed by atoms with Crippen molar-refractivity contribution in [2.45, 2.75) is 38.6 Å². The molecule has 1 aliphatic carbocycles. The first-order valence-corrected chi connectivity index (χ1v) is 6.81. The molecule has 17 heavy (non-hydrogen) atoms. The zero-order valence-electron chi connectivity index (χ0n) is 10.2. The molecule has 1 fully saturated rings. The molecule has 2 unspecified atom stereocenters. The smallest absolute Gasteiger partial charge is 0.135 e. The van der Waals surface area contributed by atoms with Crippen LogP contribution in [-0.4, -0.2) is 27.7 Å². The molecule has 94 valence electrons. The lowest BCUT2D eigenvalue weighted by molar-refractivity contribution is 0.226. The summed E-state index contributed by atoms with van der Waals surface area (Å²) in [5.74, 6) is 2.50. The maximum Gasteiger partial charge on any atom is 0.135 e. The van der Waals surface area contributed by atoms with Gasteiger partial charge in [0, 0.05) is 24.6 Å². The molecule has 0 bridgehead atoms. The number of nitrogens with zero attached hydrogens (tertiary/aromatic N) is 2. The van der Waals surface area contributed by atoms with Crippen LogP contribution in [0.4, 0.5) is 5.82 Å². The van der Waals surface area contributed by atoms with Crippen LogP contribution in [0.5, 0.6) is 0 Å². The van der Waals surface area contributed by atoms with Crippen LogP contribution < -0.4 is 5.32 Å². The number of halogens is 1. The second kappa shape index (κ2) is 5.31. The number of anilines is 1. The second-order valence-corrected chi connectivity index (χ2v) is 5.61. The highest BCUT2D eigenvalue weighted by Crippen LogP contribution is 2.38. The summed E-state index contributed by atoms with van der Waals surface area (Å²) in [5, 5.41) is 12.4. The molecule has 0 aromatic carbocycles. The Morgan fingerprint density at radius 1 is 1.47 bits per heavy atom. The third-order valence-electron chi connectivity index (χ3n) is 3.17. The van der Waals surface area contributed by atoms with E-state index in [0.717, 1.165) is 16.2 Å². The van der Waals surface area contributed by atoms with Crippen molar-refractivity contribution in [3.63, 3.8) is 0 Å². The lowest BCUT2D eigenvalue weighted by atomic mass is 10.1. The Hall–Kier alpha value is -0.680. The number of hydrogen-bond acceptors (Lipinski definition) is 4. The summed E-state index contributed by atoms with van der Waals surface area (Å²) in [4.78, 5) is 8.90. The lowest BCUT2D eigenvalue weighted by Gasteiger charge is -2.20. The van der Waals surface area contributed by atoms with Crippen molar-refractivity contribution in [2.24, 2.45) is 5.92 Å². The molecule has 2 rings (SSSR count).